The van der Waals surface area contributed by atoms with Crippen molar-refractivity contribution in [3.8, 4) is 0 Å². The first kappa shape index (κ1) is 15.6. The molecule has 0 radical (unpaired) electrons. The van der Waals surface area contributed by atoms with Gasteiger partial charge in [0.1, 0.15) is 0 Å². The number of nitrogens with one attached hydrogen (secondary N) is 2. The zero-order valence-corrected chi connectivity index (χ0v) is 13.9. The fourth-order valence-corrected chi connectivity index (χ4v) is 3.04. The summed E-state index contributed by atoms with van der Waals surface area (Å²) in [5.74, 6) is -0.0652. The normalized spacial score (nSPS) is 14.7. The molecule has 0 aliphatic heterocycles. The fourth-order valence-electron chi connectivity index (χ4n) is 3.04. The van der Waals surface area contributed by atoms with E-state index in [-0.39, 0.29) is 5.91 Å². The zero-order valence-electron chi connectivity index (χ0n) is 13.9. The summed E-state index contributed by atoms with van der Waals surface area (Å²) < 4.78 is 0. The maximum absolute atomic E-state index is 12.3. The molecular formula is C20H24N2O. The molecule has 3 heteroatoms. The number of anilines is 2. The van der Waals surface area contributed by atoms with E-state index in [0.29, 0.717) is 11.6 Å². The summed E-state index contributed by atoms with van der Waals surface area (Å²) in [5.41, 5.74) is 4.98. The van der Waals surface area contributed by atoms with Gasteiger partial charge in [0.15, 0.2) is 0 Å². The van der Waals surface area contributed by atoms with Crippen molar-refractivity contribution in [2.24, 2.45) is 0 Å². The SMILES string of the molecule is Cc1ccc(C(=O)Nc2ccc(NC3CCCC3)cc2)cc1C. The van der Waals surface area contributed by atoms with Crippen molar-refractivity contribution in [2.45, 2.75) is 45.6 Å². The Morgan fingerprint density at radius 3 is 2.22 bits per heavy atom. The second-order valence-corrected chi connectivity index (χ2v) is 6.46. The van der Waals surface area contributed by atoms with Crippen molar-refractivity contribution in [2.75, 3.05) is 10.6 Å². The van der Waals surface area contributed by atoms with Crippen LogP contribution in [-0.2, 0) is 0 Å². The molecule has 0 heterocycles. The van der Waals surface area contributed by atoms with Crippen molar-refractivity contribution in [1.82, 2.24) is 0 Å². The van der Waals surface area contributed by atoms with Crippen molar-refractivity contribution in [3.63, 3.8) is 0 Å². The summed E-state index contributed by atoms with van der Waals surface area (Å²) in [6, 6.07) is 14.4. The molecule has 0 bridgehead atoms. The minimum absolute atomic E-state index is 0.0652. The van der Waals surface area contributed by atoms with Crippen molar-refractivity contribution in [3.05, 3.63) is 59.2 Å². The van der Waals surface area contributed by atoms with Gasteiger partial charge in [-0.05, 0) is 74.2 Å². The lowest BCUT2D eigenvalue weighted by atomic mass is 10.1. The Morgan fingerprint density at radius 1 is 0.913 bits per heavy atom. The van der Waals surface area contributed by atoms with Crippen LogP contribution in [0.2, 0.25) is 0 Å². The Hall–Kier alpha value is -2.29. The molecule has 3 nitrogen and oxygen atoms in total. The van der Waals surface area contributed by atoms with Gasteiger partial charge in [-0.1, -0.05) is 18.9 Å². The van der Waals surface area contributed by atoms with Crippen LogP contribution in [0.1, 0.15) is 47.2 Å². The van der Waals surface area contributed by atoms with Crippen LogP contribution in [0.15, 0.2) is 42.5 Å². The molecule has 0 saturated heterocycles. The summed E-state index contributed by atoms with van der Waals surface area (Å²) in [4.78, 5) is 12.3. The number of aryl methyl sites for hydroxylation is 2. The van der Waals surface area contributed by atoms with Gasteiger partial charge in [0.05, 0.1) is 0 Å². The number of benzene rings is 2. The van der Waals surface area contributed by atoms with E-state index >= 15 is 0 Å². The van der Waals surface area contributed by atoms with E-state index in [9.17, 15) is 4.79 Å². The predicted octanol–water partition coefficient (Wildman–Crippen LogP) is 4.91. The summed E-state index contributed by atoms with van der Waals surface area (Å²) in [5, 5.41) is 6.51. The maximum atomic E-state index is 12.3. The third-order valence-corrected chi connectivity index (χ3v) is 4.64. The molecule has 1 amide bonds. The highest BCUT2D eigenvalue weighted by molar-refractivity contribution is 6.04. The summed E-state index contributed by atoms with van der Waals surface area (Å²) in [7, 11) is 0. The molecule has 0 aromatic heterocycles. The molecule has 120 valence electrons. The largest absolute Gasteiger partial charge is 0.382 e. The van der Waals surface area contributed by atoms with Gasteiger partial charge in [-0.2, -0.15) is 0 Å². The minimum Gasteiger partial charge on any atom is -0.382 e. The van der Waals surface area contributed by atoms with E-state index in [1.54, 1.807) is 0 Å². The monoisotopic (exact) mass is 308 g/mol. The maximum Gasteiger partial charge on any atom is 0.255 e. The summed E-state index contributed by atoms with van der Waals surface area (Å²) >= 11 is 0. The molecular weight excluding hydrogens is 284 g/mol. The van der Waals surface area contributed by atoms with Crippen LogP contribution in [0.25, 0.3) is 0 Å². The minimum atomic E-state index is -0.0652. The predicted molar refractivity (Wildman–Crippen MR) is 96.2 cm³/mol. The standard InChI is InChI=1S/C20H24N2O/c1-14-7-8-16(13-15(14)2)20(23)22-19-11-9-18(10-12-19)21-17-5-3-4-6-17/h7-13,17,21H,3-6H2,1-2H3,(H,22,23). The van der Waals surface area contributed by atoms with Crippen LogP contribution in [0.5, 0.6) is 0 Å². The number of hydrogen-bond donors (Lipinski definition) is 2. The summed E-state index contributed by atoms with van der Waals surface area (Å²) in [6.45, 7) is 4.07. The van der Waals surface area contributed by atoms with E-state index in [1.807, 2.05) is 56.3 Å². The third-order valence-electron chi connectivity index (χ3n) is 4.64. The van der Waals surface area contributed by atoms with Gasteiger partial charge in [0.25, 0.3) is 5.91 Å². The van der Waals surface area contributed by atoms with Gasteiger partial charge in [0.2, 0.25) is 0 Å². The van der Waals surface area contributed by atoms with Crippen molar-refractivity contribution < 1.29 is 4.79 Å². The average Bonchev–Trinajstić information content (AvgIpc) is 3.05. The topological polar surface area (TPSA) is 41.1 Å². The highest BCUT2D eigenvalue weighted by Crippen LogP contribution is 2.23. The molecule has 2 aromatic rings. The Balaban J connectivity index is 1.62. The molecule has 23 heavy (non-hydrogen) atoms. The Labute approximate surface area is 138 Å². The van der Waals surface area contributed by atoms with E-state index in [0.717, 1.165) is 16.9 Å². The van der Waals surface area contributed by atoms with E-state index < -0.39 is 0 Å². The molecule has 1 fully saturated rings. The van der Waals surface area contributed by atoms with Crippen LogP contribution >= 0.6 is 0 Å². The van der Waals surface area contributed by atoms with Gasteiger partial charge in [-0.3, -0.25) is 4.79 Å². The number of rotatable bonds is 4. The molecule has 0 unspecified atom stereocenters. The first-order valence-corrected chi connectivity index (χ1v) is 8.37. The van der Waals surface area contributed by atoms with E-state index in [4.69, 9.17) is 0 Å². The quantitative estimate of drug-likeness (QED) is 0.842. The molecule has 1 aliphatic carbocycles. The lowest BCUT2D eigenvalue weighted by Gasteiger charge is -2.14. The molecule has 1 aliphatic rings. The second kappa shape index (κ2) is 6.86. The number of hydrogen-bond acceptors (Lipinski definition) is 2. The van der Waals surface area contributed by atoms with Gasteiger partial charge in [-0.15, -0.1) is 0 Å². The number of carbonyl (C=O) groups is 1. The van der Waals surface area contributed by atoms with Crippen LogP contribution in [0.4, 0.5) is 11.4 Å². The highest BCUT2D eigenvalue weighted by Gasteiger charge is 2.14. The number of carbonyl (C=O) groups excluding carboxylic acids is 1. The van der Waals surface area contributed by atoms with Crippen molar-refractivity contribution >= 4 is 17.3 Å². The highest BCUT2D eigenvalue weighted by atomic mass is 16.1. The third kappa shape index (κ3) is 3.92. The van der Waals surface area contributed by atoms with Crippen molar-refractivity contribution in [1.29, 1.82) is 0 Å². The van der Waals surface area contributed by atoms with Crippen LogP contribution in [-0.4, -0.2) is 11.9 Å². The lowest BCUT2D eigenvalue weighted by molar-refractivity contribution is 0.102. The second-order valence-electron chi connectivity index (χ2n) is 6.46. The Bertz CT molecular complexity index is 685. The smallest absolute Gasteiger partial charge is 0.255 e. The van der Waals surface area contributed by atoms with Crippen LogP contribution < -0.4 is 10.6 Å². The van der Waals surface area contributed by atoms with Gasteiger partial charge >= 0.3 is 0 Å². The zero-order chi connectivity index (χ0) is 16.2. The molecule has 3 rings (SSSR count). The van der Waals surface area contributed by atoms with E-state index in [2.05, 4.69) is 10.6 Å². The van der Waals surface area contributed by atoms with Gasteiger partial charge < -0.3 is 10.6 Å². The van der Waals surface area contributed by atoms with E-state index in [1.165, 1.54) is 31.2 Å². The Kier molecular flexibility index (Phi) is 4.65. The lowest BCUT2D eigenvalue weighted by Crippen LogP contribution is -2.15. The fraction of sp³-hybridized carbons (Fsp3) is 0.350. The van der Waals surface area contributed by atoms with Crippen LogP contribution in [0, 0.1) is 13.8 Å². The van der Waals surface area contributed by atoms with Gasteiger partial charge in [-0.25, -0.2) is 0 Å². The number of amides is 1. The van der Waals surface area contributed by atoms with Crippen LogP contribution in [0.3, 0.4) is 0 Å². The molecule has 2 N–H and O–H groups in total. The molecule has 2 aromatic carbocycles. The van der Waals surface area contributed by atoms with Gasteiger partial charge in [0, 0.05) is 23.0 Å². The molecule has 0 spiro atoms. The first-order chi connectivity index (χ1) is 11.1. The first-order valence-electron chi connectivity index (χ1n) is 8.37. The molecule has 0 atom stereocenters. The Morgan fingerprint density at radius 2 is 1.57 bits per heavy atom. The molecule has 1 saturated carbocycles. The summed E-state index contributed by atoms with van der Waals surface area (Å²) in [6.07, 6.45) is 5.15. The average molecular weight is 308 g/mol.